The van der Waals surface area contributed by atoms with Crippen molar-refractivity contribution in [3.8, 4) is 0 Å². The van der Waals surface area contributed by atoms with Gasteiger partial charge >= 0.3 is 17.9 Å². The SMILES string of the molecule is CCOC(=O)C1=C(C)NC(C)=C(C(=O)OCC)C1C(=O)OCC(=O)Nc1cccc(SC)c1. The van der Waals surface area contributed by atoms with Crippen molar-refractivity contribution in [3.63, 3.8) is 0 Å². The Morgan fingerprint density at radius 1 is 0.970 bits per heavy atom. The van der Waals surface area contributed by atoms with Gasteiger partial charge in [0, 0.05) is 22.0 Å². The summed E-state index contributed by atoms with van der Waals surface area (Å²) >= 11 is 1.52. The van der Waals surface area contributed by atoms with E-state index in [1.807, 2.05) is 12.3 Å². The van der Waals surface area contributed by atoms with Crippen LogP contribution in [-0.2, 0) is 33.4 Å². The van der Waals surface area contributed by atoms with E-state index in [1.54, 1.807) is 45.9 Å². The molecule has 1 aromatic carbocycles. The number of esters is 3. The first-order valence-electron chi connectivity index (χ1n) is 10.4. The van der Waals surface area contributed by atoms with Gasteiger partial charge in [-0.3, -0.25) is 9.59 Å². The number of hydrogen-bond acceptors (Lipinski definition) is 9. The number of ether oxygens (including phenoxy) is 3. The van der Waals surface area contributed by atoms with Gasteiger partial charge in [-0.25, -0.2) is 9.59 Å². The lowest BCUT2D eigenvalue weighted by molar-refractivity contribution is -0.153. The Kier molecular flexibility index (Phi) is 9.53. The van der Waals surface area contributed by atoms with Gasteiger partial charge in [0.15, 0.2) is 6.61 Å². The minimum absolute atomic E-state index is 0.0661. The summed E-state index contributed by atoms with van der Waals surface area (Å²) in [6.07, 6.45) is 1.91. The molecule has 0 atom stereocenters. The first-order chi connectivity index (χ1) is 15.7. The minimum atomic E-state index is -1.39. The number of anilines is 1. The van der Waals surface area contributed by atoms with Crippen LogP contribution in [0.2, 0.25) is 0 Å². The average molecular weight is 477 g/mol. The number of nitrogens with one attached hydrogen (secondary N) is 2. The second-order valence-corrected chi connectivity index (χ2v) is 7.84. The van der Waals surface area contributed by atoms with Crippen LogP contribution < -0.4 is 10.6 Å². The molecular formula is C23H28N2O7S. The molecule has 0 saturated heterocycles. The Morgan fingerprint density at radius 3 is 2.06 bits per heavy atom. The molecule has 9 nitrogen and oxygen atoms in total. The maximum atomic E-state index is 13.1. The third kappa shape index (κ3) is 6.61. The van der Waals surface area contributed by atoms with Gasteiger partial charge in [0.2, 0.25) is 0 Å². The molecule has 0 bridgehead atoms. The standard InChI is InChI=1S/C23H28N2O7S/c1-6-30-21(27)18-13(3)24-14(4)19(22(28)31-7-2)20(18)23(29)32-12-17(26)25-15-9-8-10-16(11-15)33-5/h8-11,20,24H,6-7,12H2,1-5H3,(H,25,26). The minimum Gasteiger partial charge on any atom is -0.463 e. The largest absolute Gasteiger partial charge is 0.463 e. The number of carbonyl (C=O) groups excluding carboxylic acids is 4. The van der Waals surface area contributed by atoms with Gasteiger partial charge in [0.05, 0.1) is 24.4 Å². The van der Waals surface area contributed by atoms with Gasteiger partial charge < -0.3 is 24.8 Å². The second-order valence-electron chi connectivity index (χ2n) is 6.96. The Morgan fingerprint density at radius 2 is 1.55 bits per heavy atom. The first kappa shape index (κ1) is 26.0. The lowest BCUT2D eigenvalue weighted by Crippen LogP contribution is -2.39. The highest BCUT2D eigenvalue weighted by Crippen LogP contribution is 2.32. The van der Waals surface area contributed by atoms with Crippen molar-refractivity contribution in [2.45, 2.75) is 32.6 Å². The molecule has 2 rings (SSSR count). The van der Waals surface area contributed by atoms with Crippen LogP contribution in [0.3, 0.4) is 0 Å². The Labute approximate surface area is 196 Å². The number of allylic oxidation sites excluding steroid dienone is 2. The van der Waals surface area contributed by atoms with E-state index >= 15 is 0 Å². The molecule has 0 fully saturated rings. The van der Waals surface area contributed by atoms with Crippen LogP contribution in [0.15, 0.2) is 51.7 Å². The number of amides is 1. The fourth-order valence-corrected chi connectivity index (χ4v) is 3.77. The van der Waals surface area contributed by atoms with Crippen molar-refractivity contribution in [2.75, 3.05) is 31.4 Å². The molecule has 0 unspecified atom stereocenters. The summed E-state index contributed by atoms with van der Waals surface area (Å²) in [6.45, 7) is 5.98. The van der Waals surface area contributed by atoms with Crippen molar-refractivity contribution in [3.05, 3.63) is 46.8 Å². The third-order valence-corrected chi connectivity index (χ3v) is 5.41. The van der Waals surface area contributed by atoms with E-state index in [0.29, 0.717) is 17.1 Å². The summed E-state index contributed by atoms with van der Waals surface area (Å²) in [4.78, 5) is 51.6. The van der Waals surface area contributed by atoms with Gasteiger partial charge in [0.1, 0.15) is 5.92 Å². The van der Waals surface area contributed by atoms with Crippen LogP contribution in [0, 0.1) is 5.92 Å². The van der Waals surface area contributed by atoms with Gasteiger partial charge in [-0.05, 0) is 52.1 Å². The van der Waals surface area contributed by atoms with Crippen LogP contribution in [0.5, 0.6) is 0 Å². The number of carbonyl (C=O) groups is 4. The van der Waals surface area contributed by atoms with Crippen molar-refractivity contribution >= 4 is 41.3 Å². The van der Waals surface area contributed by atoms with E-state index in [-0.39, 0.29) is 24.4 Å². The molecule has 178 valence electrons. The van der Waals surface area contributed by atoms with Crippen LogP contribution in [0.4, 0.5) is 5.69 Å². The van der Waals surface area contributed by atoms with E-state index in [0.717, 1.165) is 4.90 Å². The van der Waals surface area contributed by atoms with Crippen molar-refractivity contribution < 1.29 is 33.4 Å². The first-order valence-corrected chi connectivity index (χ1v) is 11.6. The smallest absolute Gasteiger partial charge is 0.337 e. The fraction of sp³-hybridized carbons (Fsp3) is 0.391. The van der Waals surface area contributed by atoms with E-state index in [9.17, 15) is 19.2 Å². The predicted molar refractivity (Wildman–Crippen MR) is 123 cm³/mol. The molecule has 10 heteroatoms. The number of rotatable bonds is 9. The number of thioether (sulfide) groups is 1. The van der Waals surface area contributed by atoms with E-state index in [4.69, 9.17) is 14.2 Å². The molecule has 2 N–H and O–H groups in total. The summed E-state index contributed by atoms with van der Waals surface area (Å²) in [5, 5.41) is 5.57. The van der Waals surface area contributed by atoms with Gasteiger partial charge in [0.25, 0.3) is 5.91 Å². The fourth-order valence-electron chi connectivity index (χ4n) is 3.31. The van der Waals surface area contributed by atoms with Crippen LogP contribution in [0.25, 0.3) is 0 Å². The van der Waals surface area contributed by atoms with E-state index < -0.39 is 36.3 Å². The van der Waals surface area contributed by atoms with Gasteiger partial charge in [-0.2, -0.15) is 0 Å². The second kappa shape index (κ2) is 12.1. The van der Waals surface area contributed by atoms with Gasteiger partial charge in [-0.15, -0.1) is 11.8 Å². The van der Waals surface area contributed by atoms with Crippen molar-refractivity contribution in [1.82, 2.24) is 5.32 Å². The lowest BCUT2D eigenvalue weighted by Gasteiger charge is -2.28. The third-order valence-electron chi connectivity index (χ3n) is 4.69. The summed E-state index contributed by atoms with van der Waals surface area (Å²) in [7, 11) is 0. The molecule has 33 heavy (non-hydrogen) atoms. The quantitative estimate of drug-likeness (QED) is 0.315. The molecule has 1 heterocycles. The molecule has 0 aliphatic carbocycles. The normalized spacial score (nSPS) is 13.8. The zero-order valence-corrected chi connectivity index (χ0v) is 20.1. The molecular weight excluding hydrogens is 448 g/mol. The van der Waals surface area contributed by atoms with Crippen LogP contribution in [-0.4, -0.2) is 49.9 Å². The zero-order chi connectivity index (χ0) is 24.5. The summed E-state index contributed by atoms with van der Waals surface area (Å²) in [6, 6.07) is 7.19. The van der Waals surface area contributed by atoms with Crippen LogP contribution in [0.1, 0.15) is 27.7 Å². The predicted octanol–water partition coefficient (Wildman–Crippen LogP) is 2.78. The Hall–Kier alpha value is -3.27. The maximum absolute atomic E-state index is 13.1. The topological polar surface area (TPSA) is 120 Å². The van der Waals surface area contributed by atoms with Gasteiger partial charge in [-0.1, -0.05) is 6.07 Å². The monoisotopic (exact) mass is 476 g/mol. The number of hydrogen-bond donors (Lipinski definition) is 2. The van der Waals surface area contributed by atoms with Crippen LogP contribution >= 0.6 is 11.8 Å². The molecule has 0 aromatic heterocycles. The molecule has 0 saturated carbocycles. The highest BCUT2D eigenvalue weighted by Gasteiger charge is 2.42. The summed E-state index contributed by atoms with van der Waals surface area (Å²) in [5.74, 6) is -4.42. The maximum Gasteiger partial charge on any atom is 0.337 e. The number of benzene rings is 1. The highest BCUT2D eigenvalue weighted by atomic mass is 32.2. The Bertz CT molecular complexity index is 960. The van der Waals surface area contributed by atoms with Crippen molar-refractivity contribution in [1.29, 1.82) is 0 Å². The average Bonchev–Trinajstić information content (AvgIpc) is 2.77. The molecule has 1 aliphatic rings. The van der Waals surface area contributed by atoms with E-state index in [1.165, 1.54) is 11.8 Å². The molecule has 1 amide bonds. The molecule has 1 aliphatic heterocycles. The van der Waals surface area contributed by atoms with E-state index in [2.05, 4.69) is 10.6 Å². The van der Waals surface area contributed by atoms with Crippen molar-refractivity contribution in [2.24, 2.45) is 5.92 Å². The Balaban J connectivity index is 2.24. The molecule has 0 radical (unpaired) electrons. The molecule has 1 aromatic rings. The zero-order valence-electron chi connectivity index (χ0n) is 19.3. The number of dihydropyridines is 1. The summed E-state index contributed by atoms with van der Waals surface area (Å²) < 4.78 is 15.4. The highest BCUT2D eigenvalue weighted by molar-refractivity contribution is 7.98. The summed E-state index contributed by atoms with van der Waals surface area (Å²) in [5.41, 5.74) is 1.11. The lowest BCUT2D eigenvalue weighted by atomic mass is 9.85. The molecule has 0 spiro atoms.